The summed E-state index contributed by atoms with van der Waals surface area (Å²) in [5.41, 5.74) is 6.26. The molecular weight excluding hydrogens is 144 g/mol. The highest BCUT2D eigenvalue weighted by molar-refractivity contribution is 5.58. The van der Waals surface area contributed by atoms with Gasteiger partial charge in [0.2, 0.25) is 0 Å². The number of nitrogens with two attached hydrogens (primary N) is 1. The number of nitro benzene ring substituents is 1. The minimum absolute atomic E-state index is 0.0874. The monoisotopic (exact) mass is 151 g/mol. The van der Waals surface area contributed by atoms with E-state index in [9.17, 15) is 10.1 Å². The quantitative estimate of drug-likeness (QED) is 0.373. The van der Waals surface area contributed by atoms with Crippen molar-refractivity contribution in [1.29, 1.82) is 0 Å². The minimum Gasteiger partial charge on any atom is -0.393 e. The topological polar surface area (TPSA) is 69.2 Å². The van der Waals surface area contributed by atoms with Crippen LogP contribution < -0.4 is 5.73 Å². The Hall–Kier alpha value is -1.58. The Morgan fingerprint density at radius 1 is 1.73 bits per heavy atom. The molecule has 2 N–H and O–H groups in total. The smallest absolute Gasteiger partial charge is 0.292 e. The molecule has 11 heavy (non-hydrogen) atoms. The molecule has 0 aliphatic heterocycles. The highest BCUT2D eigenvalue weighted by Gasteiger charge is 2.09. The molecule has 0 spiro atoms. The Morgan fingerprint density at radius 3 is 2.82 bits per heavy atom. The number of hydrogen-bond donors (Lipinski definition) is 1. The molecule has 1 rings (SSSR count). The molecule has 1 radical (unpaired) electrons. The predicted molar refractivity (Wildman–Crippen MR) is 41.1 cm³/mol. The van der Waals surface area contributed by atoms with Gasteiger partial charge in [-0.05, 0) is 24.6 Å². The van der Waals surface area contributed by atoms with Crippen molar-refractivity contribution in [3.05, 3.63) is 33.9 Å². The van der Waals surface area contributed by atoms with Gasteiger partial charge in [-0.25, -0.2) is 0 Å². The van der Waals surface area contributed by atoms with Crippen molar-refractivity contribution in [2.75, 3.05) is 5.73 Å². The van der Waals surface area contributed by atoms with E-state index in [1.165, 1.54) is 12.1 Å². The van der Waals surface area contributed by atoms with Crippen molar-refractivity contribution < 1.29 is 4.92 Å². The maximum Gasteiger partial charge on any atom is 0.292 e. The van der Waals surface area contributed by atoms with Gasteiger partial charge in [0.05, 0.1) is 4.92 Å². The lowest BCUT2D eigenvalue weighted by Crippen LogP contribution is -1.95. The second-order valence-corrected chi connectivity index (χ2v) is 2.21. The first kappa shape index (κ1) is 7.53. The lowest BCUT2D eigenvalue weighted by atomic mass is 10.2. The molecule has 1 aromatic carbocycles. The number of nitro groups is 1. The molecule has 0 fully saturated rings. The maximum atomic E-state index is 10.2. The zero-order valence-corrected chi connectivity index (χ0v) is 6.00. The largest absolute Gasteiger partial charge is 0.393 e. The van der Waals surface area contributed by atoms with Crippen LogP contribution in [-0.2, 0) is 0 Å². The van der Waals surface area contributed by atoms with E-state index >= 15 is 0 Å². The van der Waals surface area contributed by atoms with Gasteiger partial charge in [-0.2, -0.15) is 0 Å². The minimum atomic E-state index is -0.523. The second-order valence-electron chi connectivity index (χ2n) is 2.21. The highest BCUT2D eigenvalue weighted by atomic mass is 16.6. The Balaban J connectivity index is 3.20. The molecule has 0 amide bonds. The Kier molecular flexibility index (Phi) is 1.76. The summed E-state index contributed by atoms with van der Waals surface area (Å²) >= 11 is 0. The summed E-state index contributed by atoms with van der Waals surface area (Å²) in [6.07, 6.45) is 0. The molecule has 0 saturated carbocycles. The summed E-state index contributed by atoms with van der Waals surface area (Å²) in [5.74, 6) is 0. The van der Waals surface area contributed by atoms with Crippen LogP contribution in [0, 0.1) is 23.1 Å². The van der Waals surface area contributed by atoms with Crippen LogP contribution in [0.5, 0.6) is 0 Å². The molecule has 4 nitrogen and oxygen atoms in total. The predicted octanol–water partition coefficient (Wildman–Crippen LogP) is 1.29. The summed E-state index contributed by atoms with van der Waals surface area (Å²) in [6, 6.07) is 5.51. The van der Waals surface area contributed by atoms with Crippen LogP contribution in [0.15, 0.2) is 12.1 Å². The van der Waals surface area contributed by atoms with Crippen molar-refractivity contribution in [2.24, 2.45) is 0 Å². The van der Waals surface area contributed by atoms with E-state index in [0.29, 0.717) is 0 Å². The number of nitrogen functional groups attached to an aromatic ring is 1. The molecule has 0 heterocycles. The first-order valence-corrected chi connectivity index (χ1v) is 3.03. The molecule has 0 aliphatic carbocycles. The van der Waals surface area contributed by atoms with Gasteiger partial charge in [0.15, 0.2) is 0 Å². The zero-order chi connectivity index (χ0) is 8.43. The van der Waals surface area contributed by atoms with Crippen LogP contribution in [0.1, 0.15) is 5.56 Å². The summed E-state index contributed by atoms with van der Waals surface area (Å²) in [5, 5.41) is 10.2. The van der Waals surface area contributed by atoms with Crippen LogP contribution in [0.2, 0.25) is 0 Å². The van der Waals surface area contributed by atoms with Gasteiger partial charge in [0, 0.05) is 6.07 Å². The van der Waals surface area contributed by atoms with Gasteiger partial charge in [0.1, 0.15) is 5.69 Å². The van der Waals surface area contributed by atoms with E-state index in [1.54, 1.807) is 6.92 Å². The van der Waals surface area contributed by atoms with Crippen LogP contribution in [0.25, 0.3) is 0 Å². The van der Waals surface area contributed by atoms with Gasteiger partial charge in [-0.3, -0.25) is 10.1 Å². The highest BCUT2D eigenvalue weighted by Crippen LogP contribution is 2.20. The van der Waals surface area contributed by atoms with Crippen LogP contribution in [0.3, 0.4) is 0 Å². The van der Waals surface area contributed by atoms with E-state index in [2.05, 4.69) is 6.07 Å². The van der Waals surface area contributed by atoms with Crippen molar-refractivity contribution in [3.8, 4) is 0 Å². The number of anilines is 1. The fourth-order valence-electron chi connectivity index (χ4n) is 0.773. The molecule has 1 aromatic rings. The van der Waals surface area contributed by atoms with E-state index in [-0.39, 0.29) is 11.4 Å². The van der Waals surface area contributed by atoms with Crippen LogP contribution in [-0.4, -0.2) is 4.92 Å². The zero-order valence-electron chi connectivity index (χ0n) is 6.00. The van der Waals surface area contributed by atoms with Crippen molar-refractivity contribution in [2.45, 2.75) is 6.92 Å². The number of rotatable bonds is 1. The molecule has 0 unspecified atom stereocenters. The third-order valence-electron chi connectivity index (χ3n) is 1.30. The maximum absolute atomic E-state index is 10.2. The van der Waals surface area contributed by atoms with E-state index in [4.69, 9.17) is 5.73 Å². The summed E-state index contributed by atoms with van der Waals surface area (Å²) in [6.45, 7) is 1.78. The molecule has 0 aliphatic rings. The lowest BCUT2D eigenvalue weighted by molar-refractivity contribution is -0.383. The second kappa shape index (κ2) is 2.57. The van der Waals surface area contributed by atoms with Crippen molar-refractivity contribution in [3.63, 3.8) is 0 Å². The summed E-state index contributed by atoms with van der Waals surface area (Å²) in [4.78, 5) is 9.72. The average molecular weight is 151 g/mol. The third kappa shape index (κ3) is 1.46. The van der Waals surface area contributed by atoms with E-state index in [1.807, 2.05) is 0 Å². The third-order valence-corrected chi connectivity index (χ3v) is 1.30. The number of benzene rings is 1. The number of nitrogens with zero attached hydrogens (tertiary/aromatic N) is 1. The number of aryl methyl sites for hydroxylation is 1. The average Bonchev–Trinajstić information content (AvgIpc) is 1.85. The van der Waals surface area contributed by atoms with Gasteiger partial charge in [-0.1, -0.05) is 0 Å². The summed E-state index contributed by atoms with van der Waals surface area (Å²) < 4.78 is 0. The summed E-state index contributed by atoms with van der Waals surface area (Å²) in [7, 11) is 0. The molecule has 4 heteroatoms. The van der Waals surface area contributed by atoms with E-state index in [0.717, 1.165) is 5.56 Å². The lowest BCUT2D eigenvalue weighted by Gasteiger charge is -1.96. The van der Waals surface area contributed by atoms with E-state index < -0.39 is 4.92 Å². The molecule has 57 valence electrons. The SMILES string of the molecule is Cc1[c]cc([N+](=O)[O-])c(N)c1. The molecular formula is C7H7N2O2. The molecule has 0 aromatic heterocycles. The van der Waals surface area contributed by atoms with Gasteiger partial charge >= 0.3 is 0 Å². The fraction of sp³-hybridized carbons (Fsp3) is 0.143. The van der Waals surface area contributed by atoms with Crippen LogP contribution >= 0.6 is 0 Å². The number of hydrogen-bond acceptors (Lipinski definition) is 3. The first-order valence-electron chi connectivity index (χ1n) is 3.03. The standard InChI is InChI=1S/C7H7N2O2/c1-5-2-3-7(9(10)11)6(8)4-5/h3-4H,8H2,1H3. The van der Waals surface area contributed by atoms with Crippen molar-refractivity contribution >= 4 is 11.4 Å². The normalized spacial score (nSPS) is 9.55. The Morgan fingerprint density at radius 2 is 2.36 bits per heavy atom. The molecule has 0 bridgehead atoms. The van der Waals surface area contributed by atoms with Gasteiger partial charge < -0.3 is 5.73 Å². The Labute approximate surface area is 63.8 Å². The molecule has 0 atom stereocenters. The first-order chi connectivity index (χ1) is 5.11. The van der Waals surface area contributed by atoms with Crippen molar-refractivity contribution in [1.82, 2.24) is 0 Å². The fourth-order valence-corrected chi connectivity index (χ4v) is 0.773. The molecule has 0 saturated heterocycles. The van der Waals surface area contributed by atoms with Gasteiger partial charge in [0.25, 0.3) is 5.69 Å². The van der Waals surface area contributed by atoms with Gasteiger partial charge in [-0.15, -0.1) is 0 Å². The van der Waals surface area contributed by atoms with Crippen LogP contribution in [0.4, 0.5) is 11.4 Å². The Bertz CT molecular complexity index is 296.